The molecule has 1 aromatic rings. The fraction of sp³-hybridized carbons (Fsp3) is 0.500. The van der Waals surface area contributed by atoms with Gasteiger partial charge in [-0.1, -0.05) is 13.0 Å². The second-order valence-electron chi connectivity index (χ2n) is 6.23. The van der Waals surface area contributed by atoms with Crippen LogP contribution in [-0.2, 0) is 14.8 Å². The Labute approximate surface area is 142 Å². The van der Waals surface area contributed by atoms with Crippen molar-refractivity contribution in [2.24, 2.45) is 0 Å². The third-order valence-electron chi connectivity index (χ3n) is 3.29. The molecule has 1 rings (SSSR count). The molecule has 0 heterocycles. The summed E-state index contributed by atoms with van der Waals surface area (Å²) in [7, 11) is -3.43. The third kappa shape index (κ3) is 6.99. The van der Waals surface area contributed by atoms with Crippen LogP contribution in [0.1, 0.15) is 50.4 Å². The van der Waals surface area contributed by atoms with Crippen LogP contribution in [0.4, 0.5) is 5.69 Å². The van der Waals surface area contributed by atoms with E-state index in [9.17, 15) is 18.0 Å². The summed E-state index contributed by atoms with van der Waals surface area (Å²) >= 11 is 0. The molecule has 24 heavy (non-hydrogen) atoms. The second kappa shape index (κ2) is 8.14. The number of carboxylic acids is 1. The van der Waals surface area contributed by atoms with Gasteiger partial charge in [0.05, 0.1) is 5.75 Å². The van der Waals surface area contributed by atoms with E-state index in [1.165, 1.54) is 6.07 Å². The maximum atomic E-state index is 12.3. The lowest BCUT2D eigenvalue weighted by Crippen LogP contribution is -2.43. The maximum Gasteiger partial charge on any atom is 0.303 e. The molecule has 0 fully saturated rings. The summed E-state index contributed by atoms with van der Waals surface area (Å²) in [6.45, 7) is 5.24. The van der Waals surface area contributed by atoms with E-state index >= 15 is 0 Å². The predicted octanol–water partition coefficient (Wildman–Crippen LogP) is 2.21. The van der Waals surface area contributed by atoms with Gasteiger partial charge in [-0.3, -0.25) is 14.3 Å². The molecule has 0 saturated carbocycles. The lowest BCUT2D eigenvalue weighted by atomic mass is 9.97. The number of sulfonamides is 1. The number of amides is 1. The van der Waals surface area contributed by atoms with Gasteiger partial charge in [0, 0.05) is 23.2 Å². The van der Waals surface area contributed by atoms with Gasteiger partial charge in [-0.2, -0.15) is 0 Å². The molecule has 8 heteroatoms. The van der Waals surface area contributed by atoms with Crippen molar-refractivity contribution in [3.05, 3.63) is 29.8 Å². The normalized spacial score (nSPS) is 11.8. The second-order valence-corrected chi connectivity index (χ2v) is 8.08. The van der Waals surface area contributed by atoms with Gasteiger partial charge < -0.3 is 10.4 Å². The molecular formula is C16H24N2O5S. The van der Waals surface area contributed by atoms with Crippen molar-refractivity contribution in [3.8, 4) is 0 Å². The Hall–Kier alpha value is -2.09. The Morgan fingerprint density at radius 3 is 2.50 bits per heavy atom. The van der Waals surface area contributed by atoms with Crippen molar-refractivity contribution in [3.63, 3.8) is 0 Å². The van der Waals surface area contributed by atoms with E-state index in [4.69, 9.17) is 5.11 Å². The van der Waals surface area contributed by atoms with Crippen LogP contribution < -0.4 is 10.0 Å². The van der Waals surface area contributed by atoms with E-state index in [1.807, 2.05) is 0 Å². The van der Waals surface area contributed by atoms with Crippen LogP contribution in [0.3, 0.4) is 0 Å². The molecule has 0 saturated heterocycles. The van der Waals surface area contributed by atoms with E-state index in [0.717, 1.165) is 0 Å². The summed E-state index contributed by atoms with van der Waals surface area (Å²) in [5, 5.41) is 11.5. The van der Waals surface area contributed by atoms with Gasteiger partial charge in [-0.05, 0) is 44.9 Å². The van der Waals surface area contributed by atoms with Gasteiger partial charge in [0.25, 0.3) is 5.91 Å². The molecule has 7 nitrogen and oxygen atoms in total. The number of hydrogen-bond acceptors (Lipinski definition) is 4. The van der Waals surface area contributed by atoms with Crippen molar-refractivity contribution in [1.82, 2.24) is 5.32 Å². The van der Waals surface area contributed by atoms with Crippen LogP contribution in [0, 0.1) is 0 Å². The summed E-state index contributed by atoms with van der Waals surface area (Å²) < 4.78 is 26.0. The minimum absolute atomic E-state index is 0.00560. The highest BCUT2D eigenvalue weighted by molar-refractivity contribution is 7.92. The zero-order valence-corrected chi connectivity index (χ0v) is 14.9. The molecule has 0 radical (unpaired) electrons. The van der Waals surface area contributed by atoms with Gasteiger partial charge in [0.15, 0.2) is 0 Å². The number of rotatable bonds is 9. The number of anilines is 1. The zero-order valence-electron chi connectivity index (χ0n) is 14.1. The first kappa shape index (κ1) is 20.0. The summed E-state index contributed by atoms with van der Waals surface area (Å²) in [6.07, 6.45) is 0.730. The van der Waals surface area contributed by atoms with Crippen molar-refractivity contribution in [1.29, 1.82) is 0 Å². The maximum absolute atomic E-state index is 12.3. The SMILES string of the molecule is CCCS(=O)(=O)Nc1cccc(C(=O)NC(C)(C)CCC(=O)O)c1. The average molecular weight is 356 g/mol. The number of carbonyl (C=O) groups is 2. The molecule has 0 aromatic heterocycles. The first-order chi connectivity index (χ1) is 11.0. The minimum atomic E-state index is -3.43. The minimum Gasteiger partial charge on any atom is -0.481 e. The third-order valence-corrected chi connectivity index (χ3v) is 4.78. The van der Waals surface area contributed by atoms with Gasteiger partial charge in [-0.15, -0.1) is 0 Å². The Morgan fingerprint density at radius 2 is 1.92 bits per heavy atom. The van der Waals surface area contributed by atoms with Crippen LogP contribution in [-0.4, -0.2) is 36.7 Å². The van der Waals surface area contributed by atoms with Gasteiger partial charge in [0.1, 0.15) is 0 Å². The van der Waals surface area contributed by atoms with Crippen molar-refractivity contribution in [2.45, 2.75) is 45.6 Å². The molecule has 0 aliphatic carbocycles. The monoisotopic (exact) mass is 356 g/mol. The highest BCUT2D eigenvalue weighted by atomic mass is 32.2. The van der Waals surface area contributed by atoms with Crippen LogP contribution in [0.2, 0.25) is 0 Å². The van der Waals surface area contributed by atoms with Crippen LogP contribution >= 0.6 is 0 Å². The quantitative estimate of drug-likeness (QED) is 0.628. The topological polar surface area (TPSA) is 113 Å². The van der Waals surface area contributed by atoms with Crippen molar-refractivity contribution in [2.75, 3.05) is 10.5 Å². The number of carboxylic acid groups (broad SMARTS) is 1. The number of hydrogen-bond donors (Lipinski definition) is 3. The highest BCUT2D eigenvalue weighted by Gasteiger charge is 2.22. The fourth-order valence-corrected chi connectivity index (χ4v) is 3.21. The molecule has 0 unspecified atom stereocenters. The zero-order chi connectivity index (χ0) is 18.4. The van der Waals surface area contributed by atoms with E-state index in [-0.39, 0.29) is 24.5 Å². The molecule has 1 aromatic carbocycles. The first-order valence-corrected chi connectivity index (χ1v) is 9.35. The smallest absolute Gasteiger partial charge is 0.303 e. The molecule has 0 atom stereocenters. The predicted molar refractivity (Wildman–Crippen MR) is 92.6 cm³/mol. The van der Waals surface area contributed by atoms with E-state index in [0.29, 0.717) is 17.7 Å². The summed E-state index contributed by atoms with van der Waals surface area (Å²) in [6, 6.07) is 6.18. The highest BCUT2D eigenvalue weighted by Crippen LogP contribution is 2.16. The van der Waals surface area contributed by atoms with Crippen LogP contribution in [0.15, 0.2) is 24.3 Å². The Kier molecular flexibility index (Phi) is 6.77. The van der Waals surface area contributed by atoms with Crippen molar-refractivity contribution < 1.29 is 23.1 Å². The summed E-state index contributed by atoms with van der Waals surface area (Å²) in [5.74, 6) is -1.31. The van der Waals surface area contributed by atoms with Crippen LogP contribution in [0.5, 0.6) is 0 Å². The number of benzene rings is 1. The standard InChI is InChI=1S/C16H24N2O5S/c1-4-10-24(22,23)18-13-7-5-6-12(11-13)15(21)17-16(2,3)9-8-14(19)20/h5-7,11,18H,4,8-10H2,1-3H3,(H,17,21)(H,19,20). The van der Waals surface area contributed by atoms with E-state index in [1.54, 1.807) is 39.0 Å². The molecule has 1 amide bonds. The lowest BCUT2D eigenvalue weighted by molar-refractivity contribution is -0.137. The van der Waals surface area contributed by atoms with Crippen molar-refractivity contribution >= 4 is 27.6 Å². The molecule has 0 aliphatic rings. The molecular weight excluding hydrogens is 332 g/mol. The van der Waals surface area contributed by atoms with Gasteiger partial charge >= 0.3 is 5.97 Å². The molecule has 0 bridgehead atoms. The summed E-state index contributed by atoms with van der Waals surface area (Å²) in [4.78, 5) is 23.0. The number of aliphatic carboxylic acids is 1. The Morgan fingerprint density at radius 1 is 1.25 bits per heavy atom. The molecule has 3 N–H and O–H groups in total. The number of nitrogens with one attached hydrogen (secondary N) is 2. The first-order valence-electron chi connectivity index (χ1n) is 7.69. The molecule has 134 valence electrons. The van der Waals surface area contributed by atoms with Gasteiger partial charge in [0.2, 0.25) is 10.0 Å². The fourth-order valence-electron chi connectivity index (χ4n) is 2.08. The largest absolute Gasteiger partial charge is 0.481 e. The Balaban J connectivity index is 2.82. The van der Waals surface area contributed by atoms with Gasteiger partial charge in [-0.25, -0.2) is 8.42 Å². The molecule has 0 spiro atoms. The van der Waals surface area contributed by atoms with E-state index in [2.05, 4.69) is 10.0 Å². The average Bonchev–Trinajstić information content (AvgIpc) is 2.44. The van der Waals surface area contributed by atoms with Crippen LogP contribution in [0.25, 0.3) is 0 Å². The lowest BCUT2D eigenvalue weighted by Gasteiger charge is -2.25. The summed E-state index contributed by atoms with van der Waals surface area (Å²) in [5.41, 5.74) is -0.0674. The van der Waals surface area contributed by atoms with E-state index < -0.39 is 21.5 Å². The Bertz CT molecular complexity index is 698. The molecule has 0 aliphatic heterocycles. The number of carbonyl (C=O) groups excluding carboxylic acids is 1.